The normalized spacial score (nSPS) is 9.80. The van der Waals surface area contributed by atoms with E-state index in [1.54, 1.807) is 25.1 Å². The third-order valence-electron chi connectivity index (χ3n) is 3.25. The number of benzene rings is 2. The van der Waals surface area contributed by atoms with Crippen molar-refractivity contribution in [3.8, 4) is 0 Å². The second-order valence-electron chi connectivity index (χ2n) is 4.98. The average Bonchev–Trinajstić information content (AvgIpc) is 2.60. The number of hydrogen-bond donors (Lipinski definition) is 3. The Balaban J connectivity index is 1.89. The van der Waals surface area contributed by atoms with E-state index in [-0.39, 0.29) is 16.4 Å². The van der Waals surface area contributed by atoms with Crippen molar-refractivity contribution in [3.63, 3.8) is 0 Å². The Bertz CT molecular complexity index is 836. The van der Waals surface area contributed by atoms with Crippen LogP contribution in [0.1, 0.15) is 26.3 Å². The number of hydrazine groups is 1. The summed E-state index contributed by atoms with van der Waals surface area (Å²) in [4.78, 5) is 34.0. The summed E-state index contributed by atoms with van der Waals surface area (Å²) in [6.45, 7) is 1.79. The molecule has 2 aromatic rings. The van der Waals surface area contributed by atoms with E-state index in [9.17, 15) is 19.7 Å². The summed E-state index contributed by atoms with van der Waals surface area (Å²) >= 11 is 4.95. The zero-order valence-electron chi connectivity index (χ0n) is 13.1. The van der Waals surface area contributed by atoms with Crippen LogP contribution in [0.4, 0.5) is 5.69 Å². The lowest BCUT2D eigenvalue weighted by atomic mass is 10.1. The number of amides is 2. The fourth-order valence-corrected chi connectivity index (χ4v) is 2.09. The smallest absolute Gasteiger partial charge is 0.269 e. The SMILES string of the molecule is Cc1ccccc1C(=O)NC(=S)NNC(=O)c1ccc([N+](=O)[O-])cc1. The summed E-state index contributed by atoms with van der Waals surface area (Å²) in [5.74, 6) is -0.956. The Hall–Kier alpha value is -3.33. The van der Waals surface area contributed by atoms with Gasteiger partial charge < -0.3 is 0 Å². The van der Waals surface area contributed by atoms with Gasteiger partial charge in [0.1, 0.15) is 0 Å². The number of thiocarbonyl (C=S) groups is 1. The lowest BCUT2D eigenvalue weighted by molar-refractivity contribution is -0.384. The largest absolute Gasteiger partial charge is 0.298 e. The minimum absolute atomic E-state index is 0.0801. The number of carbonyl (C=O) groups excluding carboxylic acids is 2. The molecule has 25 heavy (non-hydrogen) atoms. The lowest BCUT2D eigenvalue weighted by Gasteiger charge is -2.11. The van der Waals surface area contributed by atoms with Crippen molar-refractivity contribution in [2.75, 3.05) is 0 Å². The van der Waals surface area contributed by atoms with Gasteiger partial charge in [0.15, 0.2) is 5.11 Å². The first kappa shape index (κ1) is 18.0. The lowest BCUT2D eigenvalue weighted by Crippen LogP contribution is -2.48. The fraction of sp³-hybridized carbons (Fsp3) is 0.0625. The zero-order chi connectivity index (χ0) is 18.4. The monoisotopic (exact) mass is 358 g/mol. The van der Waals surface area contributed by atoms with Gasteiger partial charge in [0, 0.05) is 23.3 Å². The average molecular weight is 358 g/mol. The molecule has 8 nitrogen and oxygen atoms in total. The van der Waals surface area contributed by atoms with Crippen LogP contribution in [-0.4, -0.2) is 21.9 Å². The van der Waals surface area contributed by atoms with Crippen molar-refractivity contribution >= 4 is 34.8 Å². The van der Waals surface area contributed by atoms with Gasteiger partial charge in [0.05, 0.1) is 4.92 Å². The molecule has 0 aromatic heterocycles. The summed E-state index contributed by atoms with van der Waals surface area (Å²) in [5, 5.41) is 12.9. The minimum atomic E-state index is -0.559. The van der Waals surface area contributed by atoms with Crippen molar-refractivity contribution in [2.45, 2.75) is 6.92 Å². The van der Waals surface area contributed by atoms with E-state index in [1.807, 2.05) is 6.07 Å². The van der Waals surface area contributed by atoms with E-state index in [0.717, 1.165) is 5.56 Å². The molecule has 3 N–H and O–H groups in total. The second-order valence-corrected chi connectivity index (χ2v) is 5.39. The Labute approximate surface area is 148 Å². The molecule has 128 valence electrons. The number of nitro groups is 1. The van der Waals surface area contributed by atoms with Crippen molar-refractivity contribution in [3.05, 3.63) is 75.3 Å². The predicted molar refractivity (Wildman–Crippen MR) is 94.9 cm³/mol. The molecule has 0 fully saturated rings. The highest BCUT2D eigenvalue weighted by Gasteiger charge is 2.12. The standard InChI is InChI=1S/C16H14N4O4S/c1-10-4-2-3-5-13(10)15(22)17-16(25)19-18-14(21)11-6-8-12(9-7-11)20(23)24/h2-9H,1H3,(H,18,21)(H2,17,19,22,25). The molecule has 0 radical (unpaired) electrons. The van der Waals surface area contributed by atoms with E-state index in [0.29, 0.717) is 5.56 Å². The molecule has 2 amide bonds. The third-order valence-corrected chi connectivity index (χ3v) is 3.45. The molecule has 0 heterocycles. The van der Waals surface area contributed by atoms with Gasteiger partial charge in [-0.25, -0.2) is 0 Å². The van der Waals surface area contributed by atoms with E-state index in [4.69, 9.17) is 12.2 Å². The molecule has 0 bridgehead atoms. The maximum atomic E-state index is 12.1. The number of non-ortho nitro benzene ring substituents is 1. The number of rotatable bonds is 3. The van der Waals surface area contributed by atoms with Crippen molar-refractivity contribution in [2.24, 2.45) is 0 Å². The number of hydrogen-bond acceptors (Lipinski definition) is 5. The van der Waals surface area contributed by atoms with Gasteiger partial charge in [-0.2, -0.15) is 0 Å². The first-order valence-corrected chi connectivity index (χ1v) is 7.51. The highest BCUT2D eigenvalue weighted by molar-refractivity contribution is 7.80. The topological polar surface area (TPSA) is 113 Å². The molecule has 0 saturated carbocycles. The summed E-state index contributed by atoms with van der Waals surface area (Å²) in [5.41, 5.74) is 6.04. The molecule has 0 atom stereocenters. The van der Waals surface area contributed by atoms with E-state index < -0.39 is 16.7 Å². The quantitative estimate of drug-likeness (QED) is 0.438. The summed E-state index contributed by atoms with van der Waals surface area (Å²) in [7, 11) is 0. The molecule has 0 spiro atoms. The number of nitro benzene ring substituents is 1. The maximum absolute atomic E-state index is 12.1. The summed E-state index contributed by atoms with van der Waals surface area (Å²) in [6, 6.07) is 12.0. The number of aryl methyl sites for hydroxylation is 1. The Morgan fingerprint density at radius 2 is 1.64 bits per heavy atom. The van der Waals surface area contributed by atoms with E-state index in [2.05, 4.69) is 16.2 Å². The fourth-order valence-electron chi connectivity index (χ4n) is 1.95. The first-order chi connectivity index (χ1) is 11.9. The van der Waals surface area contributed by atoms with Crippen LogP contribution < -0.4 is 16.2 Å². The maximum Gasteiger partial charge on any atom is 0.269 e. The van der Waals surface area contributed by atoms with Gasteiger partial charge in [-0.3, -0.25) is 35.9 Å². The van der Waals surface area contributed by atoms with E-state index >= 15 is 0 Å². The highest BCUT2D eigenvalue weighted by Crippen LogP contribution is 2.11. The van der Waals surface area contributed by atoms with Crippen LogP contribution in [0.3, 0.4) is 0 Å². The van der Waals surface area contributed by atoms with E-state index in [1.165, 1.54) is 24.3 Å². The first-order valence-electron chi connectivity index (χ1n) is 7.10. The van der Waals surface area contributed by atoms with Crippen LogP contribution in [0.15, 0.2) is 48.5 Å². The molecule has 0 aliphatic carbocycles. The van der Waals surface area contributed by atoms with Crippen LogP contribution >= 0.6 is 12.2 Å². The molecule has 2 rings (SSSR count). The van der Waals surface area contributed by atoms with Crippen molar-refractivity contribution in [1.82, 2.24) is 16.2 Å². The molecular weight excluding hydrogens is 344 g/mol. The highest BCUT2D eigenvalue weighted by atomic mass is 32.1. The Morgan fingerprint density at radius 3 is 2.24 bits per heavy atom. The van der Waals surface area contributed by atoms with Crippen LogP contribution in [0.25, 0.3) is 0 Å². The van der Waals surface area contributed by atoms with Crippen LogP contribution in [0.2, 0.25) is 0 Å². The van der Waals surface area contributed by atoms with Crippen LogP contribution in [-0.2, 0) is 0 Å². The molecule has 2 aromatic carbocycles. The number of nitrogens with one attached hydrogen (secondary N) is 3. The Morgan fingerprint density at radius 1 is 1.00 bits per heavy atom. The van der Waals surface area contributed by atoms with Gasteiger partial charge in [0.25, 0.3) is 17.5 Å². The van der Waals surface area contributed by atoms with Crippen LogP contribution in [0.5, 0.6) is 0 Å². The molecular formula is C16H14N4O4S. The summed E-state index contributed by atoms with van der Waals surface area (Å²) < 4.78 is 0. The second kappa shape index (κ2) is 7.97. The van der Waals surface area contributed by atoms with Crippen LogP contribution in [0, 0.1) is 17.0 Å². The number of carbonyl (C=O) groups is 2. The Kier molecular flexibility index (Phi) is 5.75. The summed E-state index contributed by atoms with van der Waals surface area (Å²) in [6.07, 6.45) is 0. The van der Waals surface area contributed by atoms with Gasteiger partial charge in [-0.15, -0.1) is 0 Å². The molecule has 0 aliphatic rings. The van der Waals surface area contributed by atoms with Gasteiger partial charge in [-0.1, -0.05) is 18.2 Å². The predicted octanol–water partition coefficient (Wildman–Crippen LogP) is 1.85. The van der Waals surface area contributed by atoms with Crippen molar-refractivity contribution in [1.29, 1.82) is 0 Å². The van der Waals surface area contributed by atoms with Gasteiger partial charge in [-0.05, 0) is 42.9 Å². The minimum Gasteiger partial charge on any atom is -0.298 e. The van der Waals surface area contributed by atoms with Gasteiger partial charge >= 0.3 is 0 Å². The number of nitrogens with zero attached hydrogens (tertiary/aromatic N) is 1. The van der Waals surface area contributed by atoms with Crippen molar-refractivity contribution < 1.29 is 14.5 Å². The third kappa shape index (κ3) is 4.82. The molecule has 9 heteroatoms. The van der Waals surface area contributed by atoms with Gasteiger partial charge in [0.2, 0.25) is 0 Å². The zero-order valence-corrected chi connectivity index (χ0v) is 13.9. The molecule has 0 saturated heterocycles. The molecule has 0 unspecified atom stereocenters. The molecule has 0 aliphatic heterocycles.